The number of benzene rings is 2. The molecule has 3 heteroatoms. The number of phenolic OH excluding ortho intramolecular Hbond substituents is 2. The highest BCUT2D eigenvalue weighted by Crippen LogP contribution is 2.37. The van der Waals surface area contributed by atoms with Crippen LogP contribution in [-0.2, 0) is 12.8 Å². The van der Waals surface area contributed by atoms with Crippen molar-refractivity contribution < 1.29 is 10.2 Å². The van der Waals surface area contributed by atoms with Gasteiger partial charge in [-0.1, -0.05) is 12.1 Å². The van der Waals surface area contributed by atoms with E-state index in [1.54, 1.807) is 18.2 Å². The predicted molar refractivity (Wildman–Crippen MR) is 75.4 cm³/mol. The fraction of sp³-hybridized carbons (Fsp3) is 0.250. The third-order valence-corrected chi connectivity index (χ3v) is 3.93. The van der Waals surface area contributed by atoms with Crippen LogP contribution in [0, 0.1) is 0 Å². The Bertz CT molecular complexity index is 622. The lowest BCUT2D eigenvalue weighted by Gasteiger charge is -2.26. The maximum absolute atomic E-state index is 9.50. The quantitative estimate of drug-likeness (QED) is 0.686. The normalized spacial score (nSPS) is 18.0. The van der Waals surface area contributed by atoms with Gasteiger partial charge in [0.2, 0.25) is 0 Å². The summed E-state index contributed by atoms with van der Waals surface area (Å²) >= 11 is 0. The zero-order valence-corrected chi connectivity index (χ0v) is 10.6. The van der Waals surface area contributed by atoms with Gasteiger partial charge >= 0.3 is 0 Å². The summed E-state index contributed by atoms with van der Waals surface area (Å²) in [5.74, 6) is 0.932. The first-order valence-corrected chi connectivity index (χ1v) is 6.52. The molecule has 19 heavy (non-hydrogen) atoms. The molecule has 0 aromatic heterocycles. The Kier molecular flexibility index (Phi) is 2.82. The van der Waals surface area contributed by atoms with Gasteiger partial charge in [0.1, 0.15) is 11.5 Å². The maximum atomic E-state index is 9.50. The van der Waals surface area contributed by atoms with Gasteiger partial charge in [0, 0.05) is 11.8 Å². The maximum Gasteiger partial charge on any atom is 0.117 e. The second-order valence-corrected chi connectivity index (χ2v) is 5.21. The number of phenols is 2. The van der Waals surface area contributed by atoms with Gasteiger partial charge < -0.3 is 15.9 Å². The van der Waals surface area contributed by atoms with E-state index in [0.717, 1.165) is 24.8 Å². The summed E-state index contributed by atoms with van der Waals surface area (Å²) in [6.45, 7) is 0. The number of rotatable bonds is 1. The molecular formula is C16H17NO2. The number of anilines is 1. The molecule has 98 valence electrons. The second kappa shape index (κ2) is 4.50. The highest BCUT2D eigenvalue weighted by atomic mass is 16.3. The van der Waals surface area contributed by atoms with Crippen molar-refractivity contribution in [2.24, 2.45) is 0 Å². The fourth-order valence-corrected chi connectivity index (χ4v) is 2.94. The van der Waals surface area contributed by atoms with Crippen LogP contribution in [0.5, 0.6) is 11.5 Å². The number of nitrogens with two attached hydrogens (primary N) is 1. The van der Waals surface area contributed by atoms with Crippen molar-refractivity contribution in [2.45, 2.75) is 25.2 Å². The van der Waals surface area contributed by atoms with Gasteiger partial charge in [-0.25, -0.2) is 0 Å². The number of fused-ring (bicyclic) bond motifs is 1. The molecule has 0 aliphatic heterocycles. The Morgan fingerprint density at radius 3 is 2.47 bits per heavy atom. The summed E-state index contributed by atoms with van der Waals surface area (Å²) in [7, 11) is 0. The number of hydrogen-bond acceptors (Lipinski definition) is 3. The largest absolute Gasteiger partial charge is 0.508 e. The van der Waals surface area contributed by atoms with E-state index >= 15 is 0 Å². The van der Waals surface area contributed by atoms with Crippen molar-refractivity contribution in [3.05, 3.63) is 53.1 Å². The Morgan fingerprint density at radius 2 is 1.68 bits per heavy atom. The first-order chi connectivity index (χ1) is 9.13. The Balaban J connectivity index is 1.91. The highest BCUT2D eigenvalue weighted by molar-refractivity contribution is 5.53. The van der Waals surface area contributed by atoms with Crippen LogP contribution in [-0.4, -0.2) is 10.2 Å². The molecule has 0 heterocycles. The van der Waals surface area contributed by atoms with E-state index in [0.29, 0.717) is 17.4 Å². The summed E-state index contributed by atoms with van der Waals surface area (Å²) in [6.07, 6.45) is 2.91. The molecule has 2 aromatic rings. The van der Waals surface area contributed by atoms with E-state index in [1.807, 2.05) is 18.2 Å². The van der Waals surface area contributed by atoms with Crippen molar-refractivity contribution in [1.29, 1.82) is 0 Å². The lowest BCUT2D eigenvalue weighted by molar-refractivity contribution is 0.471. The topological polar surface area (TPSA) is 66.5 Å². The average molecular weight is 255 g/mol. The Hall–Kier alpha value is -2.16. The third-order valence-electron chi connectivity index (χ3n) is 3.93. The standard InChI is InChI=1S/C16H17NO2/c17-16-9-14(19)5-6-15(16)12-2-1-11-8-13(18)4-3-10(11)7-12/h3-6,8-9,12,18-19H,1-2,7,17H2/t12-/m1/s1. The molecule has 3 rings (SSSR count). The Morgan fingerprint density at radius 1 is 0.947 bits per heavy atom. The number of aryl methyl sites for hydroxylation is 1. The molecule has 0 bridgehead atoms. The summed E-state index contributed by atoms with van der Waals surface area (Å²) < 4.78 is 0. The van der Waals surface area contributed by atoms with Crippen LogP contribution in [0.4, 0.5) is 5.69 Å². The highest BCUT2D eigenvalue weighted by Gasteiger charge is 2.22. The van der Waals surface area contributed by atoms with Gasteiger partial charge in [-0.2, -0.15) is 0 Å². The zero-order valence-electron chi connectivity index (χ0n) is 10.6. The van der Waals surface area contributed by atoms with Crippen LogP contribution >= 0.6 is 0 Å². The molecule has 3 nitrogen and oxygen atoms in total. The molecule has 0 unspecified atom stereocenters. The molecule has 0 amide bonds. The van der Waals surface area contributed by atoms with Crippen LogP contribution < -0.4 is 5.73 Å². The molecule has 0 saturated carbocycles. The van der Waals surface area contributed by atoms with Crippen molar-refractivity contribution in [1.82, 2.24) is 0 Å². The molecule has 0 fully saturated rings. The van der Waals surface area contributed by atoms with E-state index in [2.05, 4.69) is 0 Å². The SMILES string of the molecule is Nc1cc(O)ccc1[C@@H]1CCc2cc(O)ccc2C1. The molecular weight excluding hydrogens is 238 g/mol. The molecule has 0 radical (unpaired) electrons. The zero-order chi connectivity index (χ0) is 13.4. The van der Waals surface area contributed by atoms with Crippen LogP contribution in [0.15, 0.2) is 36.4 Å². The van der Waals surface area contributed by atoms with Gasteiger partial charge in [0.05, 0.1) is 0 Å². The van der Waals surface area contributed by atoms with Crippen molar-refractivity contribution in [3.8, 4) is 11.5 Å². The predicted octanol–water partition coefficient (Wildman–Crippen LogP) is 2.95. The summed E-state index contributed by atoms with van der Waals surface area (Å²) in [4.78, 5) is 0. The monoisotopic (exact) mass is 255 g/mol. The van der Waals surface area contributed by atoms with Gasteiger partial charge in [0.25, 0.3) is 0 Å². The first kappa shape index (κ1) is 11.9. The van der Waals surface area contributed by atoms with Crippen molar-refractivity contribution in [2.75, 3.05) is 5.73 Å². The van der Waals surface area contributed by atoms with Gasteiger partial charge in [-0.05, 0) is 60.1 Å². The van der Waals surface area contributed by atoms with Crippen LogP contribution in [0.3, 0.4) is 0 Å². The molecule has 0 spiro atoms. The third kappa shape index (κ3) is 2.24. The van der Waals surface area contributed by atoms with E-state index in [1.165, 1.54) is 11.1 Å². The number of hydrogen-bond donors (Lipinski definition) is 3. The second-order valence-electron chi connectivity index (χ2n) is 5.21. The van der Waals surface area contributed by atoms with Gasteiger partial charge in [0.15, 0.2) is 0 Å². The summed E-state index contributed by atoms with van der Waals surface area (Å²) in [5.41, 5.74) is 10.3. The van der Waals surface area contributed by atoms with Gasteiger partial charge in [-0.3, -0.25) is 0 Å². The fourth-order valence-electron chi connectivity index (χ4n) is 2.94. The molecule has 1 aliphatic carbocycles. The van der Waals surface area contributed by atoms with Crippen LogP contribution in [0.1, 0.15) is 29.0 Å². The van der Waals surface area contributed by atoms with E-state index in [4.69, 9.17) is 5.73 Å². The van der Waals surface area contributed by atoms with E-state index in [-0.39, 0.29) is 5.75 Å². The molecule has 1 atom stereocenters. The minimum absolute atomic E-state index is 0.211. The first-order valence-electron chi connectivity index (χ1n) is 6.52. The lowest BCUT2D eigenvalue weighted by Crippen LogP contribution is -2.14. The Labute approximate surface area is 112 Å². The summed E-state index contributed by atoms with van der Waals surface area (Å²) in [6, 6.07) is 10.8. The molecule has 2 aromatic carbocycles. The minimum atomic E-state index is 0.211. The van der Waals surface area contributed by atoms with E-state index in [9.17, 15) is 10.2 Å². The summed E-state index contributed by atoms with van der Waals surface area (Å²) in [5, 5.41) is 18.9. The number of nitrogen functional groups attached to an aromatic ring is 1. The smallest absolute Gasteiger partial charge is 0.117 e. The lowest BCUT2D eigenvalue weighted by atomic mass is 9.79. The van der Waals surface area contributed by atoms with Crippen LogP contribution in [0.2, 0.25) is 0 Å². The van der Waals surface area contributed by atoms with Crippen molar-refractivity contribution >= 4 is 5.69 Å². The number of aromatic hydroxyl groups is 2. The van der Waals surface area contributed by atoms with E-state index < -0.39 is 0 Å². The van der Waals surface area contributed by atoms with Crippen molar-refractivity contribution in [3.63, 3.8) is 0 Å². The average Bonchev–Trinajstić information content (AvgIpc) is 2.38. The molecule has 1 aliphatic rings. The molecule has 0 saturated heterocycles. The van der Waals surface area contributed by atoms with Gasteiger partial charge in [-0.15, -0.1) is 0 Å². The minimum Gasteiger partial charge on any atom is -0.508 e. The molecule has 4 N–H and O–H groups in total. The van der Waals surface area contributed by atoms with Crippen LogP contribution in [0.25, 0.3) is 0 Å².